The summed E-state index contributed by atoms with van der Waals surface area (Å²) < 4.78 is 5.18. The van der Waals surface area contributed by atoms with Crippen LogP contribution in [0.1, 0.15) is 37.8 Å². The SMILES string of the molecule is CCNC(CC1CC1)c1ccc(OC)cc1. The predicted molar refractivity (Wildman–Crippen MR) is 66.8 cm³/mol. The van der Waals surface area contributed by atoms with Crippen LogP contribution in [0.4, 0.5) is 0 Å². The average Bonchev–Trinajstić information content (AvgIpc) is 3.13. The Labute approximate surface area is 98.0 Å². The lowest BCUT2D eigenvalue weighted by molar-refractivity contribution is 0.414. The first-order chi connectivity index (χ1) is 7.83. The summed E-state index contributed by atoms with van der Waals surface area (Å²) in [6.45, 7) is 3.20. The molecule has 2 heteroatoms. The van der Waals surface area contributed by atoms with Gasteiger partial charge >= 0.3 is 0 Å². The van der Waals surface area contributed by atoms with Crippen molar-refractivity contribution in [3.05, 3.63) is 29.8 Å². The van der Waals surface area contributed by atoms with E-state index in [0.29, 0.717) is 6.04 Å². The van der Waals surface area contributed by atoms with Crippen LogP contribution in [0.15, 0.2) is 24.3 Å². The van der Waals surface area contributed by atoms with Crippen molar-refractivity contribution < 1.29 is 4.74 Å². The maximum atomic E-state index is 5.18. The van der Waals surface area contributed by atoms with Crippen LogP contribution in [0.25, 0.3) is 0 Å². The quantitative estimate of drug-likeness (QED) is 0.793. The summed E-state index contributed by atoms with van der Waals surface area (Å²) in [7, 11) is 1.71. The molecule has 1 fully saturated rings. The zero-order valence-electron chi connectivity index (χ0n) is 10.2. The molecule has 0 aliphatic heterocycles. The van der Waals surface area contributed by atoms with Crippen LogP contribution in [-0.4, -0.2) is 13.7 Å². The second-order valence-corrected chi connectivity index (χ2v) is 4.56. The monoisotopic (exact) mass is 219 g/mol. The molecule has 0 amide bonds. The number of nitrogens with one attached hydrogen (secondary N) is 1. The highest BCUT2D eigenvalue weighted by atomic mass is 16.5. The van der Waals surface area contributed by atoms with E-state index >= 15 is 0 Å². The number of hydrogen-bond donors (Lipinski definition) is 1. The molecule has 0 aromatic heterocycles. The standard InChI is InChI=1S/C14H21NO/c1-3-15-14(10-11-4-5-11)12-6-8-13(16-2)9-7-12/h6-9,11,14-15H,3-5,10H2,1-2H3. The van der Waals surface area contributed by atoms with Crippen molar-refractivity contribution in [3.8, 4) is 5.75 Å². The van der Waals surface area contributed by atoms with E-state index in [2.05, 4.69) is 24.4 Å². The fraction of sp³-hybridized carbons (Fsp3) is 0.571. The van der Waals surface area contributed by atoms with Crippen LogP contribution in [-0.2, 0) is 0 Å². The zero-order chi connectivity index (χ0) is 11.4. The summed E-state index contributed by atoms with van der Waals surface area (Å²) in [5.41, 5.74) is 1.38. The molecule has 1 saturated carbocycles. The van der Waals surface area contributed by atoms with E-state index in [4.69, 9.17) is 4.74 Å². The molecule has 16 heavy (non-hydrogen) atoms. The van der Waals surface area contributed by atoms with Gasteiger partial charge in [0.1, 0.15) is 5.75 Å². The molecule has 1 aromatic carbocycles. The first-order valence-electron chi connectivity index (χ1n) is 6.20. The largest absolute Gasteiger partial charge is 0.497 e. The summed E-state index contributed by atoms with van der Waals surface area (Å²) in [6.07, 6.45) is 4.11. The van der Waals surface area contributed by atoms with Crippen molar-refractivity contribution >= 4 is 0 Å². The third-order valence-corrected chi connectivity index (χ3v) is 3.23. The Morgan fingerprint density at radius 3 is 2.50 bits per heavy atom. The molecular weight excluding hydrogens is 198 g/mol. The van der Waals surface area contributed by atoms with Gasteiger partial charge in [-0.15, -0.1) is 0 Å². The minimum atomic E-state index is 0.517. The van der Waals surface area contributed by atoms with Gasteiger partial charge in [0.2, 0.25) is 0 Å². The minimum absolute atomic E-state index is 0.517. The molecule has 2 nitrogen and oxygen atoms in total. The van der Waals surface area contributed by atoms with E-state index in [0.717, 1.165) is 18.2 Å². The summed E-state index contributed by atoms with van der Waals surface area (Å²) in [4.78, 5) is 0. The van der Waals surface area contributed by atoms with Gasteiger partial charge in [-0.2, -0.15) is 0 Å². The van der Waals surface area contributed by atoms with Crippen molar-refractivity contribution in [3.63, 3.8) is 0 Å². The van der Waals surface area contributed by atoms with E-state index in [1.807, 2.05) is 12.1 Å². The van der Waals surface area contributed by atoms with Crippen LogP contribution in [0.2, 0.25) is 0 Å². The Morgan fingerprint density at radius 2 is 2.00 bits per heavy atom. The Balaban J connectivity index is 2.03. The molecule has 1 aliphatic rings. The highest BCUT2D eigenvalue weighted by Gasteiger charge is 2.25. The van der Waals surface area contributed by atoms with Crippen molar-refractivity contribution in [2.45, 2.75) is 32.2 Å². The van der Waals surface area contributed by atoms with Gasteiger partial charge < -0.3 is 10.1 Å². The topological polar surface area (TPSA) is 21.3 Å². The summed E-state index contributed by atoms with van der Waals surface area (Å²) in [6, 6.07) is 8.96. The molecule has 1 unspecified atom stereocenters. The Hall–Kier alpha value is -1.02. The molecular formula is C14H21NO. The van der Waals surface area contributed by atoms with Gasteiger partial charge in [0.25, 0.3) is 0 Å². The third-order valence-electron chi connectivity index (χ3n) is 3.23. The summed E-state index contributed by atoms with van der Waals surface area (Å²) in [5.74, 6) is 1.89. The van der Waals surface area contributed by atoms with Gasteiger partial charge in [-0.25, -0.2) is 0 Å². The molecule has 88 valence electrons. The van der Waals surface area contributed by atoms with Crippen molar-refractivity contribution in [1.29, 1.82) is 0 Å². The van der Waals surface area contributed by atoms with Gasteiger partial charge in [-0.3, -0.25) is 0 Å². The summed E-state index contributed by atoms with van der Waals surface area (Å²) in [5, 5.41) is 3.57. The van der Waals surface area contributed by atoms with Crippen molar-refractivity contribution in [2.24, 2.45) is 5.92 Å². The lowest BCUT2D eigenvalue weighted by Gasteiger charge is -2.18. The van der Waals surface area contributed by atoms with Gasteiger partial charge in [0, 0.05) is 6.04 Å². The third kappa shape index (κ3) is 2.99. The number of rotatable bonds is 6. The van der Waals surface area contributed by atoms with E-state index in [1.165, 1.54) is 24.8 Å². The fourth-order valence-electron chi connectivity index (χ4n) is 2.11. The number of ether oxygens (including phenoxy) is 1. The molecule has 1 N–H and O–H groups in total. The normalized spacial score (nSPS) is 17.1. The zero-order valence-corrected chi connectivity index (χ0v) is 10.2. The van der Waals surface area contributed by atoms with Crippen LogP contribution >= 0.6 is 0 Å². The molecule has 1 aromatic rings. The van der Waals surface area contributed by atoms with Gasteiger partial charge in [-0.05, 0) is 36.6 Å². The second-order valence-electron chi connectivity index (χ2n) is 4.56. The van der Waals surface area contributed by atoms with E-state index in [9.17, 15) is 0 Å². The molecule has 0 radical (unpaired) electrons. The van der Waals surface area contributed by atoms with Crippen LogP contribution < -0.4 is 10.1 Å². The van der Waals surface area contributed by atoms with Crippen LogP contribution in [0.5, 0.6) is 5.75 Å². The summed E-state index contributed by atoms with van der Waals surface area (Å²) >= 11 is 0. The Bertz CT molecular complexity index is 316. The lowest BCUT2D eigenvalue weighted by Crippen LogP contribution is -2.21. The Morgan fingerprint density at radius 1 is 1.31 bits per heavy atom. The first kappa shape index (κ1) is 11.5. The molecule has 1 aliphatic carbocycles. The smallest absolute Gasteiger partial charge is 0.118 e. The maximum Gasteiger partial charge on any atom is 0.118 e. The minimum Gasteiger partial charge on any atom is -0.497 e. The number of methoxy groups -OCH3 is 1. The predicted octanol–water partition coefficient (Wildman–Crippen LogP) is 3.15. The molecule has 0 spiro atoms. The average molecular weight is 219 g/mol. The van der Waals surface area contributed by atoms with Gasteiger partial charge in [0.05, 0.1) is 7.11 Å². The maximum absolute atomic E-state index is 5.18. The van der Waals surface area contributed by atoms with Crippen LogP contribution in [0.3, 0.4) is 0 Å². The van der Waals surface area contributed by atoms with E-state index in [1.54, 1.807) is 7.11 Å². The van der Waals surface area contributed by atoms with Gasteiger partial charge in [0.15, 0.2) is 0 Å². The fourth-order valence-corrected chi connectivity index (χ4v) is 2.11. The molecule has 0 heterocycles. The molecule has 2 rings (SSSR count). The highest BCUT2D eigenvalue weighted by molar-refractivity contribution is 5.29. The molecule has 1 atom stereocenters. The highest BCUT2D eigenvalue weighted by Crippen LogP contribution is 2.37. The van der Waals surface area contributed by atoms with E-state index in [-0.39, 0.29) is 0 Å². The van der Waals surface area contributed by atoms with Crippen molar-refractivity contribution in [1.82, 2.24) is 5.32 Å². The van der Waals surface area contributed by atoms with E-state index < -0.39 is 0 Å². The Kier molecular flexibility index (Phi) is 3.83. The van der Waals surface area contributed by atoms with Crippen molar-refractivity contribution in [2.75, 3.05) is 13.7 Å². The number of hydrogen-bond acceptors (Lipinski definition) is 2. The molecule has 0 saturated heterocycles. The second kappa shape index (κ2) is 5.35. The molecule has 0 bridgehead atoms. The number of benzene rings is 1. The van der Waals surface area contributed by atoms with Gasteiger partial charge in [-0.1, -0.05) is 31.9 Å². The van der Waals surface area contributed by atoms with Crippen LogP contribution in [0, 0.1) is 5.92 Å². The first-order valence-corrected chi connectivity index (χ1v) is 6.20. The lowest BCUT2D eigenvalue weighted by atomic mass is 10.0.